The zero-order chi connectivity index (χ0) is 14.6. The first-order chi connectivity index (χ1) is 8.71. The molecule has 1 aromatic carbocycles. The van der Waals surface area contributed by atoms with Crippen LogP contribution in [0.5, 0.6) is 0 Å². The Morgan fingerprint density at radius 3 is 2.21 bits per heavy atom. The minimum atomic E-state index is -3.24. The first kappa shape index (κ1) is 16.0. The van der Waals surface area contributed by atoms with Crippen molar-refractivity contribution < 1.29 is 13.2 Å². The third kappa shape index (κ3) is 4.84. The number of amides is 1. The van der Waals surface area contributed by atoms with Gasteiger partial charge in [-0.1, -0.05) is 13.8 Å². The minimum absolute atomic E-state index is 0.126. The van der Waals surface area contributed by atoms with Gasteiger partial charge in [0.05, 0.1) is 10.3 Å². The van der Waals surface area contributed by atoms with E-state index < -0.39 is 9.84 Å². The van der Waals surface area contributed by atoms with Gasteiger partial charge in [0.1, 0.15) is 0 Å². The van der Waals surface area contributed by atoms with Gasteiger partial charge in [0.2, 0.25) is 0 Å². The van der Waals surface area contributed by atoms with Crippen LogP contribution in [0.3, 0.4) is 0 Å². The Balaban J connectivity index is 2.69. The molecule has 6 heteroatoms. The number of carbonyl (C=O) groups excluding carboxylic acids is 1. The molecule has 1 aromatic rings. The molecule has 1 atom stereocenters. The summed E-state index contributed by atoms with van der Waals surface area (Å²) < 4.78 is 22.6. The summed E-state index contributed by atoms with van der Waals surface area (Å²) in [6, 6.07) is 5.82. The van der Waals surface area contributed by atoms with Crippen LogP contribution >= 0.6 is 11.6 Å². The van der Waals surface area contributed by atoms with Crippen molar-refractivity contribution in [2.45, 2.75) is 24.1 Å². The molecule has 0 aromatic heterocycles. The summed E-state index contributed by atoms with van der Waals surface area (Å²) in [5.41, 5.74) is 0.417. The highest BCUT2D eigenvalue weighted by atomic mass is 35.5. The maximum atomic E-state index is 11.8. The largest absolute Gasteiger partial charge is 0.351 e. The van der Waals surface area contributed by atoms with Crippen molar-refractivity contribution in [3.63, 3.8) is 0 Å². The van der Waals surface area contributed by atoms with E-state index in [1.165, 1.54) is 24.3 Å². The lowest BCUT2D eigenvalue weighted by Gasteiger charge is -2.14. The minimum Gasteiger partial charge on any atom is -0.351 e. The SMILES string of the molecule is CC(C)C(Cl)CNC(=O)c1ccc(S(C)(=O)=O)cc1. The molecular formula is C13H18ClNO3S. The van der Waals surface area contributed by atoms with E-state index in [0.717, 1.165) is 6.26 Å². The number of hydrogen-bond acceptors (Lipinski definition) is 3. The van der Waals surface area contributed by atoms with E-state index in [4.69, 9.17) is 11.6 Å². The van der Waals surface area contributed by atoms with Crippen molar-refractivity contribution in [2.75, 3.05) is 12.8 Å². The summed E-state index contributed by atoms with van der Waals surface area (Å²) in [6.07, 6.45) is 1.13. The van der Waals surface area contributed by atoms with Crippen molar-refractivity contribution in [1.29, 1.82) is 0 Å². The first-order valence-corrected chi connectivity index (χ1v) is 8.27. The van der Waals surface area contributed by atoms with E-state index in [1.54, 1.807) is 0 Å². The Bertz CT molecular complexity index is 538. The zero-order valence-electron chi connectivity index (χ0n) is 11.2. The molecule has 0 saturated heterocycles. The fourth-order valence-electron chi connectivity index (χ4n) is 1.38. The van der Waals surface area contributed by atoms with Crippen LogP contribution in [0.25, 0.3) is 0 Å². The average Bonchev–Trinajstić information content (AvgIpc) is 2.34. The number of nitrogens with one attached hydrogen (secondary N) is 1. The molecule has 0 bridgehead atoms. The van der Waals surface area contributed by atoms with Crippen molar-refractivity contribution in [3.05, 3.63) is 29.8 Å². The number of sulfone groups is 1. The van der Waals surface area contributed by atoms with Crippen LogP contribution in [-0.4, -0.2) is 32.5 Å². The third-order valence-electron chi connectivity index (χ3n) is 2.73. The summed E-state index contributed by atoms with van der Waals surface area (Å²) in [5.74, 6) is 0.0147. The maximum absolute atomic E-state index is 11.8. The van der Waals surface area contributed by atoms with E-state index in [-0.39, 0.29) is 22.1 Å². The molecule has 0 spiro atoms. The quantitative estimate of drug-likeness (QED) is 0.847. The summed E-state index contributed by atoms with van der Waals surface area (Å²) >= 11 is 6.04. The zero-order valence-corrected chi connectivity index (χ0v) is 12.8. The van der Waals surface area contributed by atoms with Gasteiger partial charge in [-0.3, -0.25) is 4.79 Å². The molecule has 1 N–H and O–H groups in total. The Labute approximate surface area is 119 Å². The molecule has 19 heavy (non-hydrogen) atoms. The van der Waals surface area contributed by atoms with Crippen LogP contribution in [0.15, 0.2) is 29.2 Å². The van der Waals surface area contributed by atoms with Gasteiger partial charge in [-0.2, -0.15) is 0 Å². The molecule has 0 aliphatic carbocycles. The number of alkyl halides is 1. The lowest BCUT2D eigenvalue weighted by atomic mass is 10.1. The second kappa shape index (κ2) is 6.39. The van der Waals surface area contributed by atoms with Crippen molar-refractivity contribution in [1.82, 2.24) is 5.32 Å². The van der Waals surface area contributed by atoms with Gasteiger partial charge in [-0.15, -0.1) is 11.6 Å². The monoisotopic (exact) mass is 303 g/mol. The van der Waals surface area contributed by atoms with Gasteiger partial charge < -0.3 is 5.32 Å². The highest BCUT2D eigenvalue weighted by Crippen LogP contribution is 2.11. The Morgan fingerprint density at radius 2 is 1.79 bits per heavy atom. The van der Waals surface area contributed by atoms with Crippen LogP contribution in [0.1, 0.15) is 24.2 Å². The standard InChI is InChI=1S/C13H18ClNO3S/c1-9(2)12(14)8-15-13(16)10-4-6-11(7-5-10)19(3,17)18/h4-7,9,12H,8H2,1-3H3,(H,15,16). The Kier molecular flexibility index (Phi) is 5.38. The molecule has 0 aliphatic heterocycles. The number of rotatable bonds is 5. The van der Waals surface area contributed by atoms with Gasteiger partial charge in [0, 0.05) is 18.4 Å². The summed E-state index contributed by atoms with van der Waals surface area (Å²) in [7, 11) is -3.24. The molecule has 106 valence electrons. The van der Waals surface area contributed by atoms with Gasteiger partial charge >= 0.3 is 0 Å². The molecule has 1 rings (SSSR count). The normalized spacial score (nSPS) is 13.3. The van der Waals surface area contributed by atoms with Gasteiger partial charge in [0.15, 0.2) is 9.84 Å². The molecule has 0 aliphatic rings. The predicted molar refractivity (Wildman–Crippen MR) is 76.4 cm³/mol. The first-order valence-electron chi connectivity index (χ1n) is 5.94. The summed E-state index contributed by atoms with van der Waals surface area (Å²) in [5, 5.41) is 2.59. The van der Waals surface area contributed by atoms with Crippen molar-refractivity contribution in [3.8, 4) is 0 Å². The number of benzene rings is 1. The van der Waals surface area contributed by atoms with E-state index in [1.807, 2.05) is 13.8 Å². The molecule has 0 heterocycles. The number of hydrogen-bond donors (Lipinski definition) is 1. The van der Waals surface area contributed by atoms with Crippen LogP contribution in [0.2, 0.25) is 0 Å². The third-order valence-corrected chi connectivity index (χ3v) is 4.51. The summed E-state index contributed by atoms with van der Waals surface area (Å²) in [4.78, 5) is 12.0. The molecule has 0 saturated carbocycles. The molecule has 0 fully saturated rings. The number of halogens is 1. The second-order valence-corrected chi connectivity index (χ2v) is 7.34. The lowest BCUT2D eigenvalue weighted by molar-refractivity contribution is 0.0952. The topological polar surface area (TPSA) is 63.2 Å². The van der Waals surface area contributed by atoms with Crippen LogP contribution in [-0.2, 0) is 9.84 Å². The fourth-order valence-corrected chi connectivity index (χ4v) is 2.09. The van der Waals surface area contributed by atoms with E-state index >= 15 is 0 Å². The lowest BCUT2D eigenvalue weighted by Crippen LogP contribution is -2.31. The Morgan fingerprint density at radius 1 is 1.26 bits per heavy atom. The molecule has 1 unspecified atom stereocenters. The van der Waals surface area contributed by atoms with Gasteiger partial charge in [-0.05, 0) is 30.2 Å². The molecular weight excluding hydrogens is 286 g/mol. The molecule has 0 radical (unpaired) electrons. The van der Waals surface area contributed by atoms with Crippen LogP contribution < -0.4 is 5.32 Å². The fraction of sp³-hybridized carbons (Fsp3) is 0.462. The van der Waals surface area contributed by atoms with Crippen molar-refractivity contribution in [2.24, 2.45) is 5.92 Å². The summed E-state index contributed by atoms with van der Waals surface area (Å²) in [6.45, 7) is 4.33. The Hall–Kier alpha value is -1.07. The van der Waals surface area contributed by atoms with Gasteiger partial charge in [0.25, 0.3) is 5.91 Å². The molecule has 1 amide bonds. The maximum Gasteiger partial charge on any atom is 0.251 e. The van der Waals surface area contributed by atoms with Gasteiger partial charge in [-0.25, -0.2) is 8.42 Å². The van der Waals surface area contributed by atoms with Crippen LogP contribution in [0, 0.1) is 5.92 Å². The highest BCUT2D eigenvalue weighted by molar-refractivity contribution is 7.90. The van der Waals surface area contributed by atoms with E-state index in [9.17, 15) is 13.2 Å². The van der Waals surface area contributed by atoms with Crippen molar-refractivity contribution >= 4 is 27.3 Å². The second-order valence-electron chi connectivity index (χ2n) is 4.77. The predicted octanol–water partition coefficient (Wildman–Crippen LogP) is 2.08. The average molecular weight is 304 g/mol. The molecule has 4 nitrogen and oxygen atoms in total. The van der Waals surface area contributed by atoms with E-state index in [0.29, 0.717) is 12.1 Å². The number of carbonyl (C=O) groups is 1. The highest BCUT2D eigenvalue weighted by Gasteiger charge is 2.13. The van der Waals surface area contributed by atoms with E-state index in [2.05, 4.69) is 5.32 Å². The smallest absolute Gasteiger partial charge is 0.251 e. The van der Waals surface area contributed by atoms with Crippen LogP contribution in [0.4, 0.5) is 0 Å².